The molecule has 4 saturated heterocycles. The number of benzene rings is 10. The fourth-order valence-electron chi connectivity index (χ4n) is 9.50. The van der Waals surface area contributed by atoms with Crippen LogP contribution in [0.25, 0.3) is 0 Å². The molecule has 136 heavy (non-hydrogen) atoms. The predicted molar refractivity (Wildman–Crippen MR) is 500 cm³/mol. The van der Waals surface area contributed by atoms with Gasteiger partial charge < -0.3 is 97.3 Å². The monoisotopic (exact) mass is 1930 g/mol. The Morgan fingerprint density at radius 3 is 0.765 bits per heavy atom. The van der Waals surface area contributed by atoms with Gasteiger partial charge in [-0.1, -0.05) is 39.0 Å². The number of rotatable bonds is 41. The molecule has 0 bridgehead atoms. The summed E-state index contributed by atoms with van der Waals surface area (Å²) in [5, 5.41) is 62.0. The van der Waals surface area contributed by atoms with Gasteiger partial charge in [-0.25, -0.2) is 43.9 Å². The van der Waals surface area contributed by atoms with Gasteiger partial charge in [0.2, 0.25) is 0 Å². The summed E-state index contributed by atoms with van der Waals surface area (Å²) in [6, 6.07) is 57.4. The van der Waals surface area contributed by atoms with E-state index in [9.17, 15) is 58.9 Å². The molecule has 742 valence electrons. The molecule has 0 radical (unpaired) electrons. The Bertz CT molecular complexity index is 4370. The number of carbonyl (C=O) groups is 1. The molecule has 0 aliphatic carbocycles. The molecular formula is C104H123ClF10O21. The number of hydrogen-bond acceptors (Lipinski definition) is 21. The first-order chi connectivity index (χ1) is 65.4. The molecule has 10 aromatic rings. The van der Waals surface area contributed by atoms with Gasteiger partial charge in [-0.15, -0.1) is 24.8 Å². The Morgan fingerprint density at radius 2 is 0.559 bits per heavy atom. The molecule has 4 heterocycles. The van der Waals surface area contributed by atoms with Gasteiger partial charge in [-0.2, -0.15) is 0 Å². The number of allylic oxidation sites excluding steroid dienone is 4. The quantitative estimate of drug-likeness (QED) is 0.00616. The van der Waals surface area contributed by atoms with Crippen molar-refractivity contribution in [1.82, 2.24) is 0 Å². The van der Waals surface area contributed by atoms with Crippen LogP contribution in [0.15, 0.2) is 280 Å². The van der Waals surface area contributed by atoms with Crippen LogP contribution in [-0.4, -0.2) is 195 Å². The normalized spacial score (nSPS) is 15.2. The molecule has 4 aliphatic heterocycles. The summed E-state index contributed by atoms with van der Waals surface area (Å²) in [5.74, 6) is 4.44. The van der Waals surface area contributed by atoms with Crippen molar-refractivity contribution in [2.45, 2.75) is 121 Å². The van der Waals surface area contributed by atoms with Crippen molar-refractivity contribution in [3.05, 3.63) is 338 Å². The zero-order valence-electron chi connectivity index (χ0n) is 76.4. The van der Waals surface area contributed by atoms with Crippen molar-refractivity contribution in [3.63, 3.8) is 0 Å². The van der Waals surface area contributed by atoms with Gasteiger partial charge in [0.1, 0.15) is 192 Å². The largest absolute Gasteiger partial charge is 0.508 e. The van der Waals surface area contributed by atoms with Crippen LogP contribution in [0.2, 0.25) is 0 Å². The molecule has 32 heteroatoms. The topological polar surface area (TPSA) is 292 Å². The molecule has 0 spiro atoms. The third kappa shape index (κ3) is 63.5. The maximum atomic E-state index is 12.7. The lowest BCUT2D eigenvalue weighted by molar-refractivity contribution is -0.112. The zero-order valence-corrected chi connectivity index (χ0v) is 77.1. The third-order valence-corrected chi connectivity index (χ3v) is 18.1. The van der Waals surface area contributed by atoms with Crippen LogP contribution in [0.1, 0.15) is 72.6 Å². The maximum absolute atomic E-state index is 12.7. The highest BCUT2D eigenvalue weighted by atomic mass is 35.5. The minimum Gasteiger partial charge on any atom is -0.508 e. The smallest absolute Gasteiger partial charge is 0.152 e. The van der Waals surface area contributed by atoms with E-state index in [0.717, 1.165) is 64.3 Å². The number of aliphatic hydroxyl groups excluding tert-OH is 6. The lowest BCUT2D eigenvalue weighted by Crippen LogP contribution is -2.21. The molecule has 0 saturated carbocycles. The zero-order chi connectivity index (χ0) is 99.5. The second-order valence-corrected chi connectivity index (χ2v) is 30.6. The molecule has 10 aromatic carbocycles. The predicted octanol–water partition coefficient (Wildman–Crippen LogP) is 20.2. The Balaban J connectivity index is 0.000000315. The number of phenols is 1. The highest BCUT2D eigenvalue weighted by Crippen LogP contribution is 2.23. The van der Waals surface area contributed by atoms with Crippen molar-refractivity contribution in [2.24, 2.45) is 11.8 Å². The number of carbonyl (C=O) groups excluding carboxylic acids is 1. The SMILES string of the molecule is C=CCC[C@@H](C)COc1ccc(F)cc1.C=CCC[C@@H](O)COc1ccc(F)cc1.CC(=O)/C=C/CC[C@@H](C)COc1ccc(F)cc1.CC[C@@H](O)COc1ccc(F)cc1.ClCC1CO1.Fc1ccc(OCC2CO2)cc1.Fc1ccc(OCC2CO2)cc1.Fc1ccc(OC[C@H]2CO2)cc1.OC[C@@H](O)COc1ccc(F)cc1.OC[C@@H](O)COc1ccc(F)cc1.Oc1ccc(F)cc1. The van der Waals surface area contributed by atoms with Gasteiger partial charge in [-0.3, -0.25) is 4.79 Å². The number of epoxide rings is 4. The molecule has 0 aromatic heterocycles. The van der Waals surface area contributed by atoms with Crippen LogP contribution in [0.4, 0.5) is 43.9 Å². The number of halogens is 11. The van der Waals surface area contributed by atoms with Crippen molar-refractivity contribution in [3.8, 4) is 57.5 Å². The Kier molecular flexibility index (Phi) is 60.8. The van der Waals surface area contributed by atoms with Gasteiger partial charge >= 0.3 is 0 Å². The van der Waals surface area contributed by atoms with E-state index in [4.69, 9.17) is 98.7 Å². The van der Waals surface area contributed by atoms with Crippen LogP contribution in [-0.2, 0) is 23.7 Å². The van der Waals surface area contributed by atoms with Crippen LogP contribution >= 0.6 is 11.6 Å². The Labute approximate surface area is 793 Å². The average Bonchev–Trinajstić information content (AvgIpc) is 1.85. The van der Waals surface area contributed by atoms with Crippen LogP contribution in [0, 0.1) is 70.0 Å². The van der Waals surface area contributed by atoms with Crippen LogP contribution in [0.3, 0.4) is 0 Å². The summed E-state index contributed by atoms with van der Waals surface area (Å²) in [4.78, 5) is 10.7. The summed E-state index contributed by atoms with van der Waals surface area (Å²) in [6.45, 7) is 20.8. The van der Waals surface area contributed by atoms with Gasteiger partial charge in [0, 0.05) is 0 Å². The molecule has 10 atom stereocenters. The van der Waals surface area contributed by atoms with Gasteiger partial charge in [0.05, 0.1) is 77.0 Å². The number of alkyl halides is 1. The molecule has 0 amide bonds. The van der Waals surface area contributed by atoms with E-state index in [1.165, 1.54) is 189 Å². The molecule has 3 unspecified atom stereocenters. The Morgan fingerprint density at radius 1 is 0.346 bits per heavy atom. The summed E-state index contributed by atoms with van der Waals surface area (Å²) >= 11 is 5.27. The summed E-state index contributed by atoms with van der Waals surface area (Å²) < 4.78 is 191. The summed E-state index contributed by atoms with van der Waals surface area (Å²) in [5.41, 5.74) is 0. The van der Waals surface area contributed by atoms with Crippen LogP contribution in [0.5, 0.6) is 57.5 Å². The standard InChI is InChI=1S/C15H19FO2.C13H17FO.C12H15FO2.C10H13FO2.2C9H11FO3.3C9H9FO2.C6H5FO.C3H5ClO/c1-12(5-3-4-6-13(2)17)11-18-15-9-7-14(16)8-10-15;1-3-4-5-11(2)10-15-13-8-6-12(14)7-9-13;1-2-3-4-11(14)9-15-12-7-5-10(13)6-8-12;1-2-9(12)7-13-10-5-3-8(11)4-6-10;2*10-7-1-3-9(4-2-7)13-6-8(12)5-11;3*10-7-1-3-8(4-2-7)11-5-9-6-12-9;7-5-1-3-6(8)4-2-5;4-1-3-2-5-3/h4,6-10,12H,3,5,11H2,1-2H3;3,6-9,11H,1,4-5,10H2,2H3;2,5-8,11,14H,1,3-4,9H2;3-6,9,12H,2,7H2,1H3;2*1-4,8,11-12H,5-6H2;3*1-4,9H,5-6H2;1-4,8H;3H,1-2H2/b6-4+;;;;;;;;;;/t12-;2*11-;9-;2*8-;9-;;;;/m1111110..../s1. The van der Waals surface area contributed by atoms with Crippen LogP contribution < -0.4 is 42.6 Å². The van der Waals surface area contributed by atoms with E-state index in [-0.39, 0.29) is 128 Å². The number of aliphatic hydroxyl groups is 6. The minimum atomic E-state index is -0.898. The second-order valence-electron chi connectivity index (χ2n) is 30.3. The van der Waals surface area contributed by atoms with E-state index < -0.39 is 24.4 Å². The molecule has 4 fully saturated rings. The molecule has 7 N–H and O–H groups in total. The Hall–Kier alpha value is -11.7. The number of ether oxygens (including phenoxy) is 13. The number of aromatic hydroxyl groups is 1. The van der Waals surface area contributed by atoms with E-state index in [2.05, 4.69) is 27.0 Å². The second kappa shape index (κ2) is 70.9. The van der Waals surface area contributed by atoms with E-state index >= 15 is 0 Å². The fraction of sp³-hybridized carbons (Fsp3) is 0.356. The van der Waals surface area contributed by atoms with Crippen molar-refractivity contribution >= 4 is 17.4 Å². The van der Waals surface area contributed by atoms with E-state index in [1.807, 2.05) is 19.1 Å². The number of ketones is 1. The first-order valence-corrected chi connectivity index (χ1v) is 44.2. The minimum absolute atomic E-state index is 0.00212. The van der Waals surface area contributed by atoms with Crippen molar-refractivity contribution < 1.29 is 146 Å². The number of phenolic OH excluding ortho intramolecular Hbond substituents is 1. The lowest BCUT2D eigenvalue weighted by Gasteiger charge is -2.11. The molecule has 4 aliphatic rings. The average molecular weight is 1930 g/mol. The molecule has 21 nitrogen and oxygen atoms in total. The third-order valence-electron chi connectivity index (χ3n) is 17.7. The van der Waals surface area contributed by atoms with Gasteiger partial charge in [0.15, 0.2) is 5.78 Å². The molecule has 14 rings (SSSR count). The van der Waals surface area contributed by atoms with Gasteiger partial charge in [-0.05, 0) is 312 Å². The summed E-state index contributed by atoms with van der Waals surface area (Å²) in [7, 11) is 0. The highest BCUT2D eigenvalue weighted by molar-refractivity contribution is 6.18. The highest BCUT2D eigenvalue weighted by Gasteiger charge is 2.25. The molecular weight excluding hydrogens is 1810 g/mol. The van der Waals surface area contributed by atoms with Gasteiger partial charge in [0.25, 0.3) is 0 Å². The maximum Gasteiger partial charge on any atom is 0.152 e. The fourth-order valence-corrected chi connectivity index (χ4v) is 9.68. The number of hydrogen-bond donors (Lipinski definition) is 7. The van der Waals surface area contributed by atoms with E-state index in [1.54, 1.807) is 72.8 Å². The lowest BCUT2D eigenvalue weighted by atomic mass is 10.1. The first-order valence-electron chi connectivity index (χ1n) is 43.7. The van der Waals surface area contributed by atoms with E-state index in [0.29, 0.717) is 116 Å². The van der Waals surface area contributed by atoms with Crippen molar-refractivity contribution in [2.75, 3.05) is 105 Å². The van der Waals surface area contributed by atoms with Crippen molar-refractivity contribution in [1.29, 1.82) is 0 Å². The summed E-state index contributed by atoms with van der Waals surface area (Å²) in [6.07, 6.45) is 11.5. The first kappa shape index (κ1) is 117.